The van der Waals surface area contributed by atoms with Gasteiger partial charge in [0, 0.05) is 17.7 Å². The smallest absolute Gasteiger partial charge is 0.239 e. The van der Waals surface area contributed by atoms with E-state index in [1.165, 1.54) is 6.07 Å². The highest BCUT2D eigenvalue weighted by Gasteiger charge is 2.51. The maximum atomic E-state index is 14.0. The van der Waals surface area contributed by atoms with Gasteiger partial charge in [-0.2, -0.15) is 0 Å². The average molecular weight is 789 g/mol. The molecule has 304 valence electrons. The quantitative estimate of drug-likeness (QED) is 0.0853. The maximum Gasteiger partial charge on any atom is 0.239 e. The van der Waals surface area contributed by atoms with Crippen LogP contribution < -0.4 is 14.9 Å². The molecule has 0 amide bonds. The number of aliphatic hydroxyl groups excluding tert-OH is 11. The molecule has 3 aromatic rings. The minimum absolute atomic E-state index is 0.133. The number of aromatic hydroxyl groups is 3. The van der Waals surface area contributed by atoms with Crippen LogP contribution in [-0.4, -0.2) is 183 Å². The third-order valence-electron chi connectivity index (χ3n) is 9.44. The van der Waals surface area contributed by atoms with Gasteiger partial charge in [-0.15, -0.1) is 0 Å². The van der Waals surface area contributed by atoms with Gasteiger partial charge < -0.3 is 104 Å². The van der Waals surface area contributed by atoms with Crippen LogP contribution in [-0.2, 0) is 18.9 Å². The van der Waals surface area contributed by atoms with Gasteiger partial charge in [0.15, 0.2) is 29.7 Å². The van der Waals surface area contributed by atoms with Crippen LogP contribution in [0.15, 0.2) is 39.5 Å². The third kappa shape index (κ3) is 7.63. The molecular formula is C33H40O22. The summed E-state index contributed by atoms with van der Waals surface area (Å²) in [6.45, 7) is -2.53. The van der Waals surface area contributed by atoms with E-state index >= 15 is 0 Å². The van der Waals surface area contributed by atoms with Crippen molar-refractivity contribution in [1.82, 2.24) is 0 Å². The van der Waals surface area contributed by atoms with E-state index in [0.29, 0.717) is 0 Å². The first-order chi connectivity index (χ1) is 26.1. The Morgan fingerprint density at radius 1 is 0.564 bits per heavy atom. The zero-order chi connectivity index (χ0) is 40.0. The topological polar surface area (TPSA) is 369 Å². The van der Waals surface area contributed by atoms with Gasteiger partial charge in [0.1, 0.15) is 89.6 Å². The molecule has 0 radical (unpaired) electrons. The Balaban J connectivity index is 1.40. The molecule has 1 aromatic heterocycles. The van der Waals surface area contributed by atoms with Crippen molar-refractivity contribution < 1.29 is 104 Å². The molecule has 3 saturated heterocycles. The molecule has 2 aromatic carbocycles. The maximum absolute atomic E-state index is 14.0. The summed E-state index contributed by atoms with van der Waals surface area (Å²) in [5, 5.41) is 143. The second-order valence-electron chi connectivity index (χ2n) is 13.0. The Morgan fingerprint density at radius 2 is 1.11 bits per heavy atom. The van der Waals surface area contributed by atoms with E-state index in [1.807, 2.05) is 0 Å². The first-order valence-electron chi connectivity index (χ1n) is 16.7. The van der Waals surface area contributed by atoms with Crippen LogP contribution in [0.4, 0.5) is 0 Å². The Hall–Kier alpha value is -3.95. The first-order valence-corrected chi connectivity index (χ1v) is 16.7. The standard InChI is InChI=1S/C33H40O22/c34-6-15-19(40)23(44)26(47)31(51-15)54-29-22(43)18-13(39)4-10(5-14(18)50-28(29)9-1-2-11(37)12(38)3-9)49-33-30(25(46)21(42)17(8-36)53-33)55-32-27(48)24(45)20(41)16(7-35)52-32/h1-5,15-17,19-21,23-27,30-42,44-48H,6-8H2/t15-,16-,17-,19-,20-,21-,23+,24+,25+,26-,27+,30-,31+,32+,33-/m1/s1. The van der Waals surface area contributed by atoms with Crippen molar-refractivity contribution >= 4 is 11.0 Å². The second-order valence-corrected chi connectivity index (χ2v) is 13.0. The van der Waals surface area contributed by atoms with E-state index in [1.54, 1.807) is 0 Å². The highest BCUT2D eigenvalue weighted by molar-refractivity contribution is 5.88. The molecule has 0 saturated carbocycles. The summed E-state index contributed by atoms with van der Waals surface area (Å²) >= 11 is 0. The van der Waals surface area contributed by atoms with Gasteiger partial charge in [-0.1, -0.05) is 0 Å². The fraction of sp³-hybridized carbons (Fsp3) is 0.545. The van der Waals surface area contributed by atoms with Crippen LogP contribution in [0.25, 0.3) is 22.3 Å². The van der Waals surface area contributed by atoms with Crippen LogP contribution in [0.5, 0.6) is 28.7 Å². The van der Waals surface area contributed by atoms with E-state index < -0.39 is 157 Å². The molecule has 3 aliphatic rings. The number of fused-ring (bicyclic) bond motifs is 1. The van der Waals surface area contributed by atoms with Crippen LogP contribution in [0, 0.1) is 0 Å². The van der Waals surface area contributed by atoms with E-state index in [2.05, 4.69) is 0 Å². The van der Waals surface area contributed by atoms with Gasteiger partial charge in [0.05, 0.1) is 19.8 Å². The van der Waals surface area contributed by atoms with Gasteiger partial charge in [0.2, 0.25) is 23.8 Å². The summed E-state index contributed by atoms with van der Waals surface area (Å²) in [6, 6.07) is 5.05. The molecule has 14 N–H and O–H groups in total. The summed E-state index contributed by atoms with van der Waals surface area (Å²) in [5.41, 5.74) is -1.72. The highest BCUT2D eigenvalue weighted by atomic mass is 16.8. The molecule has 0 bridgehead atoms. The van der Waals surface area contributed by atoms with E-state index in [4.69, 9.17) is 32.8 Å². The Morgan fingerprint density at radius 3 is 1.69 bits per heavy atom. The predicted octanol–water partition coefficient (Wildman–Crippen LogP) is -5.24. The fourth-order valence-electron chi connectivity index (χ4n) is 6.33. The summed E-state index contributed by atoms with van der Waals surface area (Å²) in [7, 11) is 0. The number of phenolic OH excluding ortho intramolecular Hbond substituents is 3. The van der Waals surface area contributed by atoms with E-state index in [9.17, 15) is 76.3 Å². The fourth-order valence-corrected chi connectivity index (χ4v) is 6.33. The molecule has 3 fully saturated rings. The molecule has 3 aliphatic heterocycles. The Labute approximate surface area is 307 Å². The van der Waals surface area contributed by atoms with Crippen molar-refractivity contribution in [2.45, 2.75) is 92.1 Å². The molecule has 22 nitrogen and oxygen atoms in total. The van der Waals surface area contributed by atoms with Crippen molar-refractivity contribution in [3.8, 4) is 40.1 Å². The lowest BCUT2D eigenvalue weighted by molar-refractivity contribution is -0.357. The molecule has 6 rings (SSSR count). The van der Waals surface area contributed by atoms with E-state index in [-0.39, 0.29) is 11.3 Å². The number of rotatable bonds is 10. The Bertz CT molecular complexity index is 1870. The minimum atomic E-state index is -2.00. The highest BCUT2D eigenvalue weighted by Crippen LogP contribution is 2.40. The lowest BCUT2D eigenvalue weighted by Gasteiger charge is -2.45. The second kappa shape index (κ2) is 16.3. The van der Waals surface area contributed by atoms with Gasteiger partial charge in [-0.25, -0.2) is 0 Å². The number of aliphatic hydroxyl groups is 11. The molecule has 4 heterocycles. The predicted molar refractivity (Wildman–Crippen MR) is 174 cm³/mol. The summed E-state index contributed by atoms with van der Waals surface area (Å²) in [5.74, 6) is -3.78. The van der Waals surface area contributed by atoms with Gasteiger partial charge in [-0.3, -0.25) is 4.79 Å². The van der Waals surface area contributed by atoms with Crippen molar-refractivity contribution in [1.29, 1.82) is 0 Å². The SMILES string of the molecule is O=c1c(O[C@@H]2O[C@H](CO)[C@@H](O)[C@H](O)[C@H]2O)c(-c2ccc(O)c(O)c2)oc2cc(O[C@@H]3O[C@H](CO)[C@@H](O)[C@H](O)[C@H]3O[C@@H]3O[C@H](CO)[C@@H](O)[C@H](O)[C@@H]3O)cc(O)c12. The van der Waals surface area contributed by atoms with Crippen LogP contribution in [0.1, 0.15) is 0 Å². The Kier molecular flexibility index (Phi) is 12.0. The van der Waals surface area contributed by atoms with E-state index in [0.717, 1.165) is 24.3 Å². The van der Waals surface area contributed by atoms with Crippen molar-refractivity contribution in [2.75, 3.05) is 19.8 Å². The number of benzene rings is 2. The largest absolute Gasteiger partial charge is 0.507 e. The molecule has 55 heavy (non-hydrogen) atoms. The molecular weight excluding hydrogens is 748 g/mol. The van der Waals surface area contributed by atoms with Gasteiger partial charge in [-0.05, 0) is 18.2 Å². The molecule has 15 atom stereocenters. The van der Waals surface area contributed by atoms with Crippen molar-refractivity contribution in [3.63, 3.8) is 0 Å². The molecule has 0 unspecified atom stereocenters. The number of hydrogen-bond acceptors (Lipinski definition) is 22. The third-order valence-corrected chi connectivity index (χ3v) is 9.44. The van der Waals surface area contributed by atoms with Crippen LogP contribution in [0.2, 0.25) is 0 Å². The normalized spacial score (nSPS) is 36.8. The van der Waals surface area contributed by atoms with Gasteiger partial charge >= 0.3 is 0 Å². The first kappa shape index (κ1) is 40.7. The number of ether oxygens (including phenoxy) is 6. The lowest BCUT2D eigenvalue weighted by atomic mass is 9.97. The van der Waals surface area contributed by atoms with Crippen LogP contribution >= 0.6 is 0 Å². The van der Waals surface area contributed by atoms with Crippen LogP contribution in [0.3, 0.4) is 0 Å². The zero-order valence-electron chi connectivity index (χ0n) is 28.2. The summed E-state index contributed by atoms with van der Waals surface area (Å²) in [6.07, 6.45) is -26.9. The lowest BCUT2D eigenvalue weighted by Crippen LogP contribution is -2.65. The summed E-state index contributed by atoms with van der Waals surface area (Å²) < 4.78 is 39.4. The average Bonchev–Trinajstić information content (AvgIpc) is 3.16. The molecule has 0 spiro atoms. The van der Waals surface area contributed by atoms with Crippen molar-refractivity contribution in [3.05, 3.63) is 40.6 Å². The molecule has 0 aliphatic carbocycles. The monoisotopic (exact) mass is 788 g/mol. The number of phenols is 3. The summed E-state index contributed by atoms with van der Waals surface area (Å²) in [4.78, 5) is 14.0. The zero-order valence-corrected chi connectivity index (χ0v) is 28.2. The van der Waals surface area contributed by atoms with Gasteiger partial charge in [0.25, 0.3) is 0 Å². The molecule has 22 heteroatoms. The number of hydrogen-bond donors (Lipinski definition) is 14. The van der Waals surface area contributed by atoms with Crippen molar-refractivity contribution in [2.24, 2.45) is 0 Å². The minimum Gasteiger partial charge on any atom is -0.507 e.